The highest BCUT2D eigenvalue weighted by atomic mass is 32.1. The van der Waals surface area contributed by atoms with Crippen molar-refractivity contribution in [3.8, 4) is 0 Å². The Morgan fingerprint density at radius 2 is 2.07 bits per heavy atom. The van der Waals surface area contributed by atoms with Crippen LogP contribution in [0.5, 0.6) is 0 Å². The lowest BCUT2D eigenvalue weighted by molar-refractivity contribution is 0.633. The Balaban J connectivity index is 2.79. The summed E-state index contributed by atoms with van der Waals surface area (Å²) in [7, 11) is 0. The van der Waals surface area contributed by atoms with Gasteiger partial charge in [-0.3, -0.25) is 4.98 Å². The molecule has 76 valence electrons. The van der Waals surface area contributed by atoms with Crippen LogP contribution in [-0.2, 0) is 0 Å². The molecule has 3 nitrogen and oxygen atoms in total. The monoisotopic (exact) mass is 209 g/mol. The summed E-state index contributed by atoms with van der Waals surface area (Å²) in [6.07, 6.45) is 1.74. The largest absolute Gasteiger partial charge is 0.388 e. The van der Waals surface area contributed by atoms with E-state index in [2.05, 4.69) is 31.1 Å². The van der Waals surface area contributed by atoms with Gasteiger partial charge in [0, 0.05) is 5.54 Å². The second kappa shape index (κ2) is 3.92. The minimum Gasteiger partial charge on any atom is -0.388 e. The number of aromatic nitrogens is 1. The van der Waals surface area contributed by atoms with Crippen LogP contribution < -0.4 is 11.1 Å². The van der Waals surface area contributed by atoms with Gasteiger partial charge in [-0.05, 0) is 32.9 Å². The van der Waals surface area contributed by atoms with Crippen molar-refractivity contribution in [1.82, 2.24) is 4.98 Å². The van der Waals surface area contributed by atoms with E-state index in [9.17, 15) is 0 Å². The summed E-state index contributed by atoms with van der Waals surface area (Å²) in [6, 6.07) is 3.74. The van der Waals surface area contributed by atoms with Crippen LogP contribution in [0.4, 0.5) is 5.69 Å². The maximum Gasteiger partial charge on any atom is 0.122 e. The van der Waals surface area contributed by atoms with Crippen LogP contribution in [0.25, 0.3) is 0 Å². The molecule has 0 aliphatic heterocycles. The molecule has 0 amide bonds. The van der Waals surface area contributed by atoms with Gasteiger partial charge in [-0.25, -0.2) is 0 Å². The highest BCUT2D eigenvalue weighted by molar-refractivity contribution is 7.80. The van der Waals surface area contributed by atoms with Crippen molar-refractivity contribution < 1.29 is 0 Å². The molecule has 0 aliphatic carbocycles. The number of rotatable bonds is 2. The van der Waals surface area contributed by atoms with E-state index in [4.69, 9.17) is 18.0 Å². The summed E-state index contributed by atoms with van der Waals surface area (Å²) in [6.45, 7) is 6.28. The fourth-order valence-corrected chi connectivity index (χ4v) is 1.17. The van der Waals surface area contributed by atoms with Crippen molar-refractivity contribution in [2.45, 2.75) is 26.3 Å². The Morgan fingerprint density at radius 1 is 1.43 bits per heavy atom. The van der Waals surface area contributed by atoms with Crippen molar-refractivity contribution in [1.29, 1.82) is 0 Å². The van der Waals surface area contributed by atoms with Gasteiger partial charge in [0.05, 0.1) is 17.6 Å². The van der Waals surface area contributed by atoms with E-state index >= 15 is 0 Å². The third kappa shape index (κ3) is 3.30. The predicted octanol–water partition coefficient (Wildman–Crippen LogP) is 1.93. The fraction of sp³-hybridized carbons (Fsp3) is 0.400. The number of nitrogens with one attached hydrogen (secondary N) is 1. The van der Waals surface area contributed by atoms with Crippen molar-refractivity contribution in [3.63, 3.8) is 0 Å². The normalized spacial score (nSPS) is 11.1. The average molecular weight is 209 g/mol. The SMILES string of the molecule is CC(C)(C)Nc1ccc(C(N)=S)nc1. The van der Waals surface area contributed by atoms with Crippen molar-refractivity contribution >= 4 is 22.9 Å². The number of thiocarbonyl (C=S) groups is 1. The lowest BCUT2D eigenvalue weighted by Gasteiger charge is -2.21. The summed E-state index contributed by atoms with van der Waals surface area (Å²) < 4.78 is 0. The molecule has 0 aromatic carbocycles. The fourth-order valence-electron chi connectivity index (χ4n) is 1.05. The van der Waals surface area contributed by atoms with Gasteiger partial charge < -0.3 is 11.1 Å². The molecule has 0 unspecified atom stereocenters. The number of nitrogens with two attached hydrogens (primary N) is 1. The molecule has 0 radical (unpaired) electrons. The minimum atomic E-state index is 0.0341. The third-order valence-corrected chi connectivity index (χ3v) is 1.74. The number of hydrogen-bond acceptors (Lipinski definition) is 3. The lowest BCUT2D eigenvalue weighted by Crippen LogP contribution is -2.26. The van der Waals surface area contributed by atoms with Gasteiger partial charge in [0.15, 0.2) is 0 Å². The highest BCUT2D eigenvalue weighted by Crippen LogP contribution is 2.13. The Kier molecular flexibility index (Phi) is 3.06. The van der Waals surface area contributed by atoms with E-state index in [0.29, 0.717) is 10.7 Å². The standard InChI is InChI=1S/C10H15N3S/c1-10(2,3)13-7-4-5-8(9(11)14)12-6-7/h4-6,13H,1-3H3,(H2,11,14). The van der Waals surface area contributed by atoms with Crippen LogP contribution in [0.1, 0.15) is 26.5 Å². The van der Waals surface area contributed by atoms with Crippen molar-refractivity contribution in [3.05, 3.63) is 24.0 Å². The summed E-state index contributed by atoms with van der Waals surface area (Å²) in [5, 5.41) is 3.30. The summed E-state index contributed by atoms with van der Waals surface area (Å²) >= 11 is 4.81. The van der Waals surface area contributed by atoms with E-state index in [1.807, 2.05) is 12.1 Å². The zero-order valence-corrected chi connectivity index (χ0v) is 9.48. The summed E-state index contributed by atoms with van der Waals surface area (Å²) in [5.74, 6) is 0. The van der Waals surface area contributed by atoms with E-state index in [1.54, 1.807) is 6.20 Å². The van der Waals surface area contributed by atoms with Crippen LogP contribution in [0.2, 0.25) is 0 Å². The number of hydrogen-bond donors (Lipinski definition) is 2. The van der Waals surface area contributed by atoms with Gasteiger partial charge in [0.2, 0.25) is 0 Å². The van der Waals surface area contributed by atoms with Crippen LogP contribution in [-0.4, -0.2) is 15.5 Å². The lowest BCUT2D eigenvalue weighted by atomic mass is 10.1. The molecular weight excluding hydrogens is 194 g/mol. The number of nitrogens with zero attached hydrogens (tertiary/aromatic N) is 1. The van der Waals surface area contributed by atoms with Crippen LogP contribution in [0.15, 0.2) is 18.3 Å². The Morgan fingerprint density at radius 3 is 2.43 bits per heavy atom. The molecule has 0 fully saturated rings. The van der Waals surface area contributed by atoms with E-state index < -0.39 is 0 Å². The second-order valence-corrected chi connectivity index (χ2v) is 4.61. The molecule has 3 N–H and O–H groups in total. The van der Waals surface area contributed by atoms with Gasteiger partial charge in [-0.1, -0.05) is 12.2 Å². The van der Waals surface area contributed by atoms with Gasteiger partial charge in [-0.2, -0.15) is 0 Å². The molecule has 0 saturated carbocycles. The quantitative estimate of drug-likeness (QED) is 0.731. The van der Waals surface area contributed by atoms with Crippen molar-refractivity contribution in [2.24, 2.45) is 5.73 Å². The van der Waals surface area contributed by atoms with Gasteiger partial charge in [0.25, 0.3) is 0 Å². The molecule has 0 aliphatic rings. The second-order valence-electron chi connectivity index (χ2n) is 4.17. The van der Waals surface area contributed by atoms with Crippen LogP contribution in [0.3, 0.4) is 0 Å². The molecular formula is C10H15N3S. The van der Waals surface area contributed by atoms with Crippen LogP contribution >= 0.6 is 12.2 Å². The first-order valence-electron chi connectivity index (χ1n) is 4.42. The Labute approximate surface area is 89.7 Å². The molecule has 1 aromatic heterocycles. The summed E-state index contributed by atoms with van der Waals surface area (Å²) in [4.78, 5) is 4.46. The third-order valence-electron chi connectivity index (χ3n) is 1.54. The predicted molar refractivity (Wildman–Crippen MR) is 63.5 cm³/mol. The zero-order valence-electron chi connectivity index (χ0n) is 8.66. The maximum absolute atomic E-state index is 5.44. The van der Waals surface area contributed by atoms with Crippen LogP contribution in [0, 0.1) is 0 Å². The number of anilines is 1. The van der Waals surface area contributed by atoms with E-state index in [1.165, 1.54) is 0 Å². The van der Waals surface area contributed by atoms with Gasteiger partial charge >= 0.3 is 0 Å². The molecule has 0 atom stereocenters. The molecule has 14 heavy (non-hydrogen) atoms. The minimum absolute atomic E-state index is 0.0341. The van der Waals surface area contributed by atoms with Gasteiger partial charge in [0.1, 0.15) is 4.99 Å². The van der Waals surface area contributed by atoms with Gasteiger partial charge in [-0.15, -0.1) is 0 Å². The van der Waals surface area contributed by atoms with Crippen molar-refractivity contribution in [2.75, 3.05) is 5.32 Å². The topological polar surface area (TPSA) is 50.9 Å². The summed E-state index contributed by atoms with van der Waals surface area (Å²) in [5.41, 5.74) is 7.10. The number of pyridine rings is 1. The molecule has 4 heteroatoms. The van der Waals surface area contributed by atoms with E-state index in [-0.39, 0.29) is 5.54 Å². The first-order valence-corrected chi connectivity index (χ1v) is 4.83. The first-order chi connectivity index (χ1) is 6.38. The molecule has 0 saturated heterocycles. The smallest absolute Gasteiger partial charge is 0.122 e. The highest BCUT2D eigenvalue weighted by Gasteiger charge is 2.09. The zero-order chi connectivity index (χ0) is 10.8. The average Bonchev–Trinajstić information content (AvgIpc) is 2.02. The molecule has 1 heterocycles. The molecule has 0 spiro atoms. The maximum atomic E-state index is 5.44. The first kappa shape index (κ1) is 10.9. The molecule has 1 rings (SSSR count). The molecule has 0 bridgehead atoms. The molecule has 1 aromatic rings. The Hall–Kier alpha value is -1.16. The Bertz CT molecular complexity index is 324. The van der Waals surface area contributed by atoms with E-state index in [0.717, 1.165) is 5.69 Å².